The van der Waals surface area contributed by atoms with Gasteiger partial charge in [-0.3, -0.25) is 23.9 Å². The summed E-state index contributed by atoms with van der Waals surface area (Å²) in [6.07, 6.45) is 6.28. The molecule has 2 saturated carbocycles. The number of aromatic nitrogens is 1. The first-order chi connectivity index (χ1) is 26.8. The molecule has 7 atom stereocenters. The van der Waals surface area contributed by atoms with Gasteiger partial charge < -0.3 is 19.1 Å². The largest absolute Gasteiger partial charge is 0.491 e. The number of esters is 1. The van der Waals surface area contributed by atoms with Gasteiger partial charge in [0.05, 0.1) is 36.9 Å². The summed E-state index contributed by atoms with van der Waals surface area (Å²) in [6, 6.07) is 3.38. The third-order valence-electron chi connectivity index (χ3n) is 12.0. The van der Waals surface area contributed by atoms with Crippen molar-refractivity contribution in [3.8, 4) is 11.6 Å². The lowest BCUT2D eigenvalue weighted by Gasteiger charge is -2.32. The summed E-state index contributed by atoms with van der Waals surface area (Å²) < 4.78 is 73.3. The van der Waals surface area contributed by atoms with Crippen molar-refractivity contribution in [2.45, 2.75) is 122 Å². The Labute approximate surface area is 333 Å². The number of amides is 2. The lowest BCUT2D eigenvalue weighted by atomic mass is 9.82. The van der Waals surface area contributed by atoms with Crippen LogP contribution >= 0.6 is 0 Å². The molecule has 15 heteroatoms. The van der Waals surface area contributed by atoms with Crippen LogP contribution in [0.5, 0.6) is 11.6 Å². The fourth-order valence-electron chi connectivity index (χ4n) is 8.47. The number of sulfonamides is 1. The summed E-state index contributed by atoms with van der Waals surface area (Å²) in [5.74, 6) is -4.24. The van der Waals surface area contributed by atoms with E-state index in [1.165, 1.54) is 17.2 Å². The number of ether oxygens (including phenoxy) is 3. The van der Waals surface area contributed by atoms with Crippen molar-refractivity contribution in [3.05, 3.63) is 42.4 Å². The molecule has 0 bridgehead atoms. The van der Waals surface area contributed by atoms with E-state index in [2.05, 4.69) is 16.6 Å². The van der Waals surface area contributed by atoms with E-state index in [-0.39, 0.29) is 75.1 Å². The molecular weight excluding hydrogens is 761 g/mol. The molecular formula is C42H55F2N3O9S. The number of Topliss-reactive ketones (excluding diaryl/α,β-unsaturated/α-hetero) is 1. The molecule has 0 radical (unpaired) electrons. The molecule has 6 rings (SSSR count). The Balaban J connectivity index is 1.35. The molecule has 57 heavy (non-hydrogen) atoms. The van der Waals surface area contributed by atoms with E-state index >= 15 is 4.39 Å². The van der Waals surface area contributed by atoms with Gasteiger partial charge >= 0.3 is 5.97 Å². The van der Waals surface area contributed by atoms with Crippen LogP contribution < -0.4 is 14.2 Å². The van der Waals surface area contributed by atoms with E-state index in [0.29, 0.717) is 23.6 Å². The van der Waals surface area contributed by atoms with Gasteiger partial charge in [-0.1, -0.05) is 26.0 Å². The standard InChI is InChI=1S/C42H55F2N3O9S/c1-7-54-35-17-27-12-15-45-37(31(27)19-32(35)44)55-29-18-33-34(48)22-42(39(51)46-57(52,53)41(24-43)13-14-41)21-28(42)11-9-8-10-25(2)16-26(3)30(38(50)47(33)23-29)20-36(49)56-40(4,5)6/h9,11-12,15,17,19,25-26,28-30,33H,7-8,10,13-14,16,18,20-24H2,1-6H3,(H,46,51)/b11-9-/t25-,26+,28+,29+,30-,33-,42+/m0/s1. The lowest BCUT2D eigenvalue weighted by molar-refractivity contribution is -0.160. The Morgan fingerprint density at radius 2 is 1.86 bits per heavy atom. The zero-order valence-electron chi connectivity index (χ0n) is 33.6. The molecule has 4 aliphatic rings. The second-order valence-electron chi connectivity index (χ2n) is 17.6. The van der Waals surface area contributed by atoms with Crippen LogP contribution in [0.2, 0.25) is 0 Å². The Morgan fingerprint density at radius 1 is 1.12 bits per heavy atom. The minimum Gasteiger partial charge on any atom is -0.491 e. The van der Waals surface area contributed by atoms with Crippen molar-refractivity contribution < 1.29 is 50.6 Å². The topological polar surface area (TPSA) is 158 Å². The monoisotopic (exact) mass is 815 g/mol. The molecule has 312 valence electrons. The number of halogens is 2. The molecule has 3 fully saturated rings. The smallest absolute Gasteiger partial charge is 0.307 e. The summed E-state index contributed by atoms with van der Waals surface area (Å²) in [6.45, 7) is 10.0. The SMILES string of the molecule is CCOc1cc2ccnc(O[C@@H]3C[C@H]4C(=O)C[C@]5(C(=O)NS(=O)(=O)C6(CF)CC6)C[C@H]5/C=C\CC[C@H](C)C[C@@H](C)[C@H](CC(=O)OC(C)(C)C)C(=O)N4C3)c2cc1F. The number of hydrogen-bond donors (Lipinski definition) is 1. The van der Waals surface area contributed by atoms with Gasteiger partial charge in [0.25, 0.3) is 0 Å². The molecule has 0 spiro atoms. The molecule has 1 saturated heterocycles. The van der Waals surface area contributed by atoms with Crippen molar-refractivity contribution in [1.82, 2.24) is 14.6 Å². The van der Waals surface area contributed by atoms with Crippen LogP contribution in [0.25, 0.3) is 10.8 Å². The van der Waals surface area contributed by atoms with Crippen LogP contribution in [-0.4, -0.2) is 84.2 Å². The number of nitrogens with one attached hydrogen (secondary N) is 1. The third-order valence-corrected chi connectivity index (χ3v) is 14.1. The molecule has 1 N–H and O–H groups in total. The number of alkyl halides is 1. The summed E-state index contributed by atoms with van der Waals surface area (Å²) in [5, 5.41) is 0.957. The maximum absolute atomic E-state index is 15.1. The molecule has 1 aromatic heterocycles. The Hall–Kier alpha value is -4.14. The molecule has 12 nitrogen and oxygen atoms in total. The van der Waals surface area contributed by atoms with E-state index in [4.69, 9.17) is 14.2 Å². The fourth-order valence-corrected chi connectivity index (χ4v) is 9.91. The summed E-state index contributed by atoms with van der Waals surface area (Å²) in [4.78, 5) is 62.5. The van der Waals surface area contributed by atoms with Crippen molar-refractivity contribution in [2.24, 2.45) is 29.1 Å². The van der Waals surface area contributed by atoms with E-state index in [1.54, 1.807) is 39.8 Å². The average molecular weight is 816 g/mol. The molecule has 2 aliphatic heterocycles. The highest BCUT2D eigenvalue weighted by molar-refractivity contribution is 7.91. The van der Waals surface area contributed by atoms with Gasteiger partial charge in [0.2, 0.25) is 27.7 Å². The number of nitrogens with zero attached hydrogens (tertiary/aromatic N) is 2. The van der Waals surface area contributed by atoms with Crippen LogP contribution in [0.1, 0.15) is 99.3 Å². The molecule has 2 aromatic rings. The van der Waals surface area contributed by atoms with Crippen molar-refractivity contribution in [1.29, 1.82) is 0 Å². The number of fused-ring (bicyclic) bond motifs is 3. The first kappa shape index (κ1) is 42.5. The van der Waals surface area contributed by atoms with E-state index in [1.807, 2.05) is 19.1 Å². The second-order valence-corrected chi connectivity index (χ2v) is 19.7. The number of carbonyl (C=O) groups is 4. The zero-order chi connectivity index (χ0) is 41.5. The highest BCUT2D eigenvalue weighted by atomic mass is 32.2. The first-order valence-electron chi connectivity index (χ1n) is 20.0. The molecule has 1 aromatic carbocycles. The van der Waals surface area contributed by atoms with Gasteiger partial charge in [-0.25, -0.2) is 22.2 Å². The maximum atomic E-state index is 15.1. The number of rotatable bonds is 10. The predicted molar refractivity (Wildman–Crippen MR) is 208 cm³/mol. The summed E-state index contributed by atoms with van der Waals surface area (Å²) in [5.41, 5.74) is -2.22. The van der Waals surface area contributed by atoms with Crippen LogP contribution in [-0.2, 0) is 33.9 Å². The molecule has 0 unspecified atom stereocenters. The fraction of sp³-hybridized carbons (Fsp3) is 0.643. The van der Waals surface area contributed by atoms with E-state index in [0.717, 1.165) is 6.42 Å². The molecule has 3 heterocycles. The van der Waals surface area contributed by atoms with Crippen molar-refractivity contribution in [2.75, 3.05) is 19.8 Å². The van der Waals surface area contributed by atoms with E-state index in [9.17, 15) is 32.0 Å². The van der Waals surface area contributed by atoms with Gasteiger partial charge in [0.15, 0.2) is 17.3 Å². The number of pyridine rings is 1. The summed E-state index contributed by atoms with van der Waals surface area (Å²) >= 11 is 0. The lowest BCUT2D eigenvalue weighted by Crippen LogP contribution is -2.48. The van der Waals surface area contributed by atoms with Crippen LogP contribution in [0.4, 0.5) is 8.78 Å². The number of allylic oxidation sites excluding steroid dienone is 2. The zero-order valence-corrected chi connectivity index (χ0v) is 34.5. The first-order valence-corrected chi connectivity index (χ1v) is 21.5. The summed E-state index contributed by atoms with van der Waals surface area (Å²) in [7, 11) is -4.36. The van der Waals surface area contributed by atoms with Gasteiger partial charge in [-0.15, -0.1) is 0 Å². The normalized spacial score (nSPS) is 29.6. The maximum Gasteiger partial charge on any atom is 0.307 e. The van der Waals surface area contributed by atoms with Crippen molar-refractivity contribution in [3.63, 3.8) is 0 Å². The molecule has 2 amide bonds. The molecule has 2 aliphatic carbocycles. The van der Waals surface area contributed by atoms with Crippen LogP contribution in [0, 0.1) is 34.9 Å². The third kappa shape index (κ3) is 9.13. The van der Waals surface area contributed by atoms with Crippen molar-refractivity contribution >= 4 is 44.4 Å². The van der Waals surface area contributed by atoms with Crippen LogP contribution in [0.3, 0.4) is 0 Å². The minimum atomic E-state index is -4.36. The second kappa shape index (κ2) is 16.2. The average Bonchev–Trinajstić information content (AvgIpc) is 4.03. The Morgan fingerprint density at radius 3 is 2.53 bits per heavy atom. The highest BCUT2D eigenvalue weighted by Crippen LogP contribution is 2.58. The van der Waals surface area contributed by atoms with Gasteiger partial charge in [0, 0.05) is 24.4 Å². The predicted octanol–water partition coefficient (Wildman–Crippen LogP) is 6.39. The van der Waals surface area contributed by atoms with E-state index < -0.39 is 85.8 Å². The van der Waals surface area contributed by atoms with Gasteiger partial charge in [-0.05, 0) is 108 Å². The van der Waals surface area contributed by atoms with Gasteiger partial charge in [0.1, 0.15) is 23.1 Å². The number of ketones is 1. The number of hydrogen-bond acceptors (Lipinski definition) is 10. The Bertz CT molecular complexity index is 2030. The minimum absolute atomic E-state index is 0.00639. The number of benzene rings is 1. The Kier molecular flexibility index (Phi) is 12.1. The van der Waals surface area contributed by atoms with Gasteiger partial charge in [-0.2, -0.15) is 0 Å². The quantitative estimate of drug-likeness (QED) is 0.210. The number of carbonyl (C=O) groups excluding carboxylic acids is 4. The van der Waals surface area contributed by atoms with Crippen LogP contribution in [0.15, 0.2) is 36.5 Å². The highest BCUT2D eigenvalue weighted by Gasteiger charge is 2.63.